The predicted molar refractivity (Wildman–Crippen MR) is 266 cm³/mol. The van der Waals surface area contributed by atoms with E-state index in [-0.39, 0.29) is 0 Å². The van der Waals surface area contributed by atoms with Crippen molar-refractivity contribution in [3.05, 3.63) is 235 Å². The van der Waals surface area contributed by atoms with Crippen LogP contribution in [0.3, 0.4) is 0 Å². The summed E-state index contributed by atoms with van der Waals surface area (Å²) in [5.41, 5.74) is 12.5. The standard InChI is InChI=1S/C59H38N4O/c1-3-13-37(14-4-1)38-23-25-39(26-24-38)40-27-29-42(30-28-40)58-60-57(41-15-5-2-6-16-41)61-59(62-58)51-34-45-19-9-10-20-47(45)55-49-32-31-46(36-54(49)64-56(51)55)63-52-22-12-11-21-48(52)50-33-43-17-7-8-18-44(43)35-53(50)63/h1-36,59H,(H,60,61,62). The number of nitrogens with one attached hydrogen (secondary N) is 1. The number of aromatic nitrogens is 1. The first-order valence-electron chi connectivity index (χ1n) is 21.7. The highest BCUT2D eigenvalue weighted by Crippen LogP contribution is 2.43. The summed E-state index contributed by atoms with van der Waals surface area (Å²) in [5, 5.41) is 12.9. The summed E-state index contributed by atoms with van der Waals surface area (Å²) in [4.78, 5) is 10.7. The summed E-state index contributed by atoms with van der Waals surface area (Å²) in [5.74, 6) is 1.51. The van der Waals surface area contributed by atoms with E-state index in [0.29, 0.717) is 0 Å². The Morgan fingerprint density at radius 3 is 1.61 bits per heavy atom. The van der Waals surface area contributed by atoms with Crippen LogP contribution in [-0.2, 0) is 0 Å². The molecule has 64 heavy (non-hydrogen) atoms. The van der Waals surface area contributed by atoms with Crippen LogP contribution in [0.25, 0.3) is 93.2 Å². The molecule has 1 unspecified atom stereocenters. The SMILES string of the molecule is c1ccc(C2=NC(c3cc4ccccc4c4c3oc3cc(-n5c6ccccc6c6cc7ccccc7cc65)ccc34)N=C(c3ccc(-c4ccc(-c5ccccc5)cc4)cc3)N2)cc1. The highest BCUT2D eigenvalue weighted by molar-refractivity contribution is 6.21. The molecule has 12 aromatic rings. The third-order valence-electron chi connectivity index (χ3n) is 12.8. The van der Waals surface area contributed by atoms with Crippen molar-refractivity contribution in [3.63, 3.8) is 0 Å². The fourth-order valence-electron chi connectivity index (χ4n) is 9.69. The van der Waals surface area contributed by atoms with Crippen molar-refractivity contribution < 1.29 is 4.42 Å². The molecule has 300 valence electrons. The lowest BCUT2D eigenvalue weighted by Crippen LogP contribution is -2.36. The van der Waals surface area contributed by atoms with Crippen molar-refractivity contribution in [3.8, 4) is 27.9 Å². The maximum absolute atomic E-state index is 7.09. The van der Waals surface area contributed by atoms with Gasteiger partial charge in [0.2, 0.25) is 0 Å². The smallest absolute Gasteiger partial charge is 0.173 e. The van der Waals surface area contributed by atoms with E-state index in [1.54, 1.807) is 0 Å². The van der Waals surface area contributed by atoms with E-state index in [1.807, 2.05) is 24.3 Å². The molecule has 3 heterocycles. The van der Waals surface area contributed by atoms with Gasteiger partial charge in [-0.05, 0) is 80.2 Å². The van der Waals surface area contributed by atoms with Gasteiger partial charge in [-0.1, -0.05) is 176 Å². The van der Waals surface area contributed by atoms with Crippen LogP contribution >= 0.6 is 0 Å². The molecule has 0 bridgehead atoms. The number of para-hydroxylation sites is 1. The van der Waals surface area contributed by atoms with Crippen LogP contribution in [-0.4, -0.2) is 16.2 Å². The second-order valence-electron chi connectivity index (χ2n) is 16.6. The van der Waals surface area contributed by atoms with Gasteiger partial charge in [-0.3, -0.25) is 0 Å². The van der Waals surface area contributed by atoms with Crippen molar-refractivity contribution in [1.82, 2.24) is 9.88 Å². The molecule has 1 aliphatic rings. The summed E-state index contributed by atoms with van der Waals surface area (Å²) in [6.07, 6.45) is -0.575. The Hall–Kier alpha value is -8.54. The van der Waals surface area contributed by atoms with Gasteiger partial charge in [0.05, 0.1) is 11.0 Å². The molecule has 5 heteroatoms. The van der Waals surface area contributed by atoms with E-state index in [4.69, 9.17) is 14.4 Å². The summed E-state index contributed by atoms with van der Waals surface area (Å²) >= 11 is 0. The fourth-order valence-corrected chi connectivity index (χ4v) is 9.69. The lowest BCUT2D eigenvalue weighted by molar-refractivity contribution is 0.649. The normalized spacial score (nSPS) is 14.1. The molecule has 13 rings (SSSR count). The molecule has 0 saturated heterocycles. The molecule has 0 fully saturated rings. The zero-order valence-corrected chi connectivity index (χ0v) is 34.6. The molecule has 5 nitrogen and oxygen atoms in total. The molecular weight excluding hydrogens is 781 g/mol. The second kappa shape index (κ2) is 14.5. The number of fused-ring (bicyclic) bond motifs is 9. The van der Waals surface area contributed by atoms with Gasteiger partial charge >= 0.3 is 0 Å². The number of nitrogens with zero attached hydrogens (tertiary/aromatic N) is 3. The fraction of sp³-hybridized carbons (Fsp3) is 0.0169. The van der Waals surface area contributed by atoms with Crippen LogP contribution < -0.4 is 5.32 Å². The first-order valence-corrected chi connectivity index (χ1v) is 21.7. The summed E-state index contributed by atoms with van der Waals surface area (Å²) in [6.45, 7) is 0. The van der Waals surface area contributed by atoms with Gasteiger partial charge in [0, 0.05) is 50.0 Å². The van der Waals surface area contributed by atoms with E-state index in [2.05, 4.69) is 204 Å². The first-order chi connectivity index (χ1) is 31.7. The number of furan rings is 1. The highest BCUT2D eigenvalue weighted by Gasteiger charge is 2.26. The molecule has 1 N–H and O–H groups in total. The average molecular weight is 819 g/mol. The monoisotopic (exact) mass is 818 g/mol. The number of benzene rings is 10. The van der Waals surface area contributed by atoms with Crippen molar-refractivity contribution in [2.45, 2.75) is 6.17 Å². The Balaban J connectivity index is 0.951. The van der Waals surface area contributed by atoms with Crippen LogP contribution in [0.4, 0.5) is 0 Å². The zero-order chi connectivity index (χ0) is 42.1. The van der Waals surface area contributed by atoms with Crippen LogP contribution in [0.15, 0.2) is 233 Å². The van der Waals surface area contributed by atoms with Crippen molar-refractivity contribution in [2.24, 2.45) is 9.98 Å². The van der Waals surface area contributed by atoms with E-state index in [0.717, 1.165) is 88.9 Å². The van der Waals surface area contributed by atoms with Gasteiger partial charge < -0.3 is 14.3 Å². The lowest BCUT2D eigenvalue weighted by Gasteiger charge is -2.23. The lowest BCUT2D eigenvalue weighted by atomic mass is 9.98. The maximum atomic E-state index is 7.09. The Morgan fingerprint density at radius 2 is 0.922 bits per heavy atom. The van der Waals surface area contributed by atoms with Gasteiger partial charge in [0.25, 0.3) is 0 Å². The summed E-state index contributed by atoms with van der Waals surface area (Å²) in [6, 6.07) is 77.5. The summed E-state index contributed by atoms with van der Waals surface area (Å²) in [7, 11) is 0. The quantitative estimate of drug-likeness (QED) is 0.182. The van der Waals surface area contributed by atoms with E-state index in [9.17, 15) is 0 Å². The molecule has 0 aliphatic carbocycles. The van der Waals surface area contributed by atoms with Gasteiger partial charge in [0.1, 0.15) is 22.8 Å². The van der Waals surface area contributed by atoms with Crippen molar-refractivity contribution in [2.75, 3.05) is 0 Å². The van der Waals surface area contributed by atoms with Crippen LogP contribution in [0.2, 0.25) is 0 Å². The van der Waals surface area contributed by atoms with Crippen molar-refractivity contribution >= 4 is 77.0 Å². The van der Waals surface area contributed by atoms with Gasteiger partial charge in [-0.15, -0.1) is 0 Å². The summed E-state index contributed by atoms with van der Waals surface area (Å²) < 4.78 is 9.46. The van der Waals surface area contributed by atoms with Crippen LogP contribution in [0.5, 0.6) is 0 Å². The van der Waals surface area contributed by atoms with E-state index < -0.39 is 6.17 Å². The molecule has 0 radical (unpaired) electrons. The number of hydrogen-bond donors (Lipinski definition) is 1. The second-order valence-corrected chi connectivity index (χ2v) is 16.6. The first kappa shape index (κ1) is 36.1. The van der Waals surface area contributed by atoms with E-state index >= 15 is 0 Å². The minimum Gasteiger partial charge on any atom is -0.456 e. The van der Waals surface area contributed by atoms with E-state index in [1.165, 1.54) is 32.7 Å². The molecule has 0 spiro atoms. The molecular formula is C59H38N4O. The molecule has 1 atom stereocenters. The predicted octanol–water partition coefficient (Wildman–Crippen LogP) is 14.8. The largest absolute Gasteiger partial charge is 0.456 e. The Morgan fingerprint density at radius 1 is 0.391 bits per heavy atom. The van der Waals surface area contributed by atoms with Gasteiger partial charge in [-0.2, -0.15) is 0 Å². The Bertz CT molecular complexity index is 3840. The zero-order valence-electron chi connectivity index (χ0n) is 34.6. The Labute approximate surface area is 368 Å². The molecule has 1 aliphatic heterocycles. The number of hydrogen-bond acceptors (Lipinski definition) is 4. The highest BCUT2D eigenvalue weighted by atomic mass is 16.3. The molecule has 10 aromatic carbocycles. The van der Waals surface area contributed by atoms with Gasteiger partial charge in [0.15, 0.2) is 6.17 Å². The third kappa shape index (κ3) is 5.93. The number of rotatable bonds is 6. The van der Waals surface area contributed by atoms with Crippen LogP contribution in [0.1, 0.15) is 22.9 Å². The minimum absolute atomic E-state index is 0.575. The Kier molecular flexibility index (Phi) is 8.21. The average Bonchev–Trinajstić information content (AvgIpc) is 3.91. The molecule has 2 aromatic heterocycles. The van der Waals surface area contributed by atoms with Crippen molar-refractivity contribution in [1.29, 1.82) is 0 Å². The van der Waals surface area contributed by atoms with Crippen LogP contribution in [0, 0.1) is 0 Å². The topological polar surface area (TPSA) is 54.8 Å². The molecule has 0 saturated carbocycles. The molecule has 0 amide bonds. The maximum Gasteiger partial charge on any atom is 0.173 e. The number of amidine groups is 2. The number of aliphatic imine (C=N–C) groups is 2. The third-order valence-corrected chi connectivity index (χ3v) is 12.8. The minimum atomic E-state index is -0.575. The van der Waals surface area contributed by atoms with Gasteiger partial charge in [-0.25, -0.2) is 9.98 Å².